The molecule has 0 bridgehead atoms. The number of amides is 1. The van der Waals surface area contributed by atoms with Crippen molar-refractivity contribution in [1.29, 1.82) is 0 Å². The van der Waals surface area contributed by atoms with Gasteiger partial charge in [-0.05, 0) is 39.7 Å². The summed E-state index contributed by atoms with van der Waals surface area (Å²) in [5, 5.41) is 2.83. The lowest BCUT2D eigenvalue weighted by atomic mass is 9.85. The Morgan fingerprint density at radius 1 is 1.45 bits per heavy atom. The molecular formula is C16H25N3O2S. The van der Waals surface area contributed by atoms with E-state index in [2.05, 4.69) is 16.9 Å². The number of likely N-dealkylation sites (N-methyl/N-ethyl adjacent to an activating group) is 1. The van der Waals surface area contributed by atoms with Crippen LogP contribution in [0.25, 0.3) is 0 Å². The van der Waals surface area contributed by atoms with E-state index in [0.29, 0.717) is 11.7 Å². The number of methoxy groups -OCH3 is 1. The molecule has 22 heavy (non-hydrogen) atoms. The van der Waals surface area contributed by atoms with Gasteiger partial charge in [0.1, 0.15) is 5.69 Å². The summed E-state index contributed by atoms with van der Waals surface area (Å²) in [7, 11) is 3.99. The van der Waals surface area contributed by atoms with Crippen LogP contribution in [-0.4, -0.2) is 66.1 Å². The molecule has 1 amide bonds. The minimum Gasteiger partial charge on any atom is -0.383 e. The number of ether oxygens (including phenoxy) is 1. The van der Waals surface area contributed by atoms with Gasteiger partial charge in [0.15, 0.2) is 0 Å². The van der Waals surface area contributed by atoms with Gasteiger partial charge in [-0.2, -0.15) is 0 Å². The number of thiazole rings is 1. The Bertz CT molecular complexity index is 537. The van der Waals surface area contributed by atoms with E-state index in [-0.39, 0.29) is 11.4 Å². The Labute approximate surface area is 136 Å². The molecule has 0 N–H and O–H groups in total. The number of carbonyl (C=O) groups excluding carboxylic acids is 1. The Hall–Kier alpha value is -0.980. The van der Waals surface area contributed by atoms with Gasteiger partial charge in [0, 0.05) is 37.2 Å². The second-order valence-electron chi connectivity index (χ2n) is 6.53. The molecule has 0 aliphatic carbocycles. The quantitative estimate of drug-likeness (QED) is 0.855. The summed E-state index contributed by atoms with van der Waals surface area (Å²) in [6, 6.07) is 0.522. The van der Waals surface area contributed by atoms with Crippen LogP contribution in [0.4, 0.5) is 0 Å². The van der Waals surface area contributed by atoms with E-state index in [9.17, 15) is 4.79 Å². The Morgan fingerprint density at radius 2 is 2.18 bits per heavy atom. The smallest absolute Gasteiger partial charge is 0.273 e. The van der Waals surface area contributed by atoms with Gasteiger partial charge in [0.2, 0.25) is 0 Å². The molecule has 1 atom stereocenters. The average molecular weight is 323 g/mol. The normalized spacial score (nSPS) is 25.0. The lowest BCUT2D eigenvalue weighted by Gasteiger charge is -2.44. The monoisotopic (exact) mass is 323 g/mol. The SMILES string of the molecule is COC[C@@H]1CCC2(CCN(C(=O)c3csc(C)n3)CC2)N1C. The van der Waals surface area contributed by atoms with Crippen molar-refractivity contribution in [2.75, 3.05) is 33.9 Å². The number of aromatic nitrogens is 1. The van der Waals surface area contributed by atoms with Gasteiger partial charge in [0.25, 0.3) is 5.91 Å². The number of hydrogen-bond donors (Lipinski definition) is 0. The van der Waals surface area contributed by atoms with Crippen LogP contribution in [-0.2, 0) is 4.74 Å². The van der Waals surface area contributed by atoms with Crippen molar-refractivity contribution in [2.24, 2.45) is 0 Å². The third kappa shape index (κ3) is 2.79. The molecule has 2 aliphatic heterocycles. The highest BCUT2D eigenvalue weighted by molar-refractivity contribution is 7.09. The van der Waals surface area contributed by atoms with E-state index >= 15 is 0 Å². The Kier molecular flexibility index (Phi) is 4.52. The van der Waals surface area contributed by atoms with Gasteiger partial charge in [-0.3, -0.25) is 9.69 Å². The molecule has 2 fully saturated rings. The minimum atomic E-state index is 0.0910. The fourth-order valence-electron chi connectivity index (χ4n) is 3.93. The molecule has 122 valence electrons. The maximum Gasteiger partial charge on any atom is 0.273 e. The molecule has 5 nitrogen and oxygen atoms in total. The van der Waals surface area contributed by atoms with Crippen molar-refractivity contribution in [3.05, 3.63) is 16.1 Å². The Morgan fingerprint density at radius 3 is 2.77 bits per heavy atom. The van der Waals surface area contributed by atoms with Gasteiger partial charge in [-0.15, -0.1) is 11.3 Å². The molecule has 3 rings (SSSR count). The standard InChI is InChI=1S/C16H25N3O2S/c1-12-17-14(11-22-12)15(20)19-8-6-16(7-9-19)5-4-13(10-21-3)18(16)2/h11,13H,4-10H2,1-3H3/t13-/m0/s1. The summed E-state index contributed by atoms with van der Waals surface area (Å²) in [4.78, 5) is 21.3. The molecule has 1 aromatic heterocycles. The number of piperidine rings is 1. The molecular weight excluding hydrogens is 298 g/mol. The first-order chi connectivity index (χ1) is 10.6. The molecule has 2 aliphatic rings. The predicted molar refractivity (Wildman–Crippen MR) is 87.4 cm³/mol. The zero-order chi connectivity index (χ0) is 15.7. The molecule has 0 radical (unpaired) electrons. The molecule has 2 saturated heterocycles. The van der Waals surface area contributed by atoms with Gasteiger partial charge >= 0.3 is 0 Å². The molecule has 0 unspecified atom stereocenters. The third-order valence-corrected chi connectivity index (χ3v) is 6.19. The maximum atomic E-state index is 12.5. The second-order valence-corrected chi connectivity index (χ2v) is 7.59. The van der Waals surface area contributed by atoms with E-state index in [4.69, 9.17) is 4.74 Å². The lowest BCUT2D eigenvalue weighted by Crippen LogP contribution is -2.54. The van der Waals surface area contributed by atoms with Crippen LogP contribution < -0.4 is 0 Å². The van der Waals surface area contributed by atoms with E-state index in [1.54, 1.807) is 18.4 Å². The van der Waals surface area contributed by atoms with Gasteiger partial charge < -0.3 is 9.64 Å². The largest absolute Gasteiger partial charge is 0.383 e. The van der Waals surface area contributed by atoms with Gasteiger partial charge in [-0.25, -0.2) is 4.98 Å². The minimum absolute atomic E-state index is 0.0910. The lowest BCUT2D eigenvalue weighted by molar-refractivity contribution is 0.0271. The van der Waals surface area contributed by atoms with Crippen molar-refractivity contribution in [1.82, 2.24) is 14.8 Å². The Balaban J connectivity index is 1.62. The molecule has 6 heteroatoms. The highest BCUT2D eigenvalue weighted by Crippen LogP contribution is 2.40. The first kappa shape index (κ1) is 15.9. The predicted octanol–water partition coefficient (Wildman–Crippen LogP) is 2.17. The van der Waals surface area contributed by atoms with Crippen LogP contribution in [0.15, 0.2) is 5.38 Å². The van der Waals surface area contributed by atoms with Crippen molar-refractivity contribution in [2.45, 2.75) is 44.2 Å². The summed E-state index contributed by atoms with van der Waals surface area (Å²) in [6.07, 6.45) is 4.52. The van der Waals surface area contributed by atoms with Crippen LogP contribution in [0, 0.1) is 6.92 Å². The van der Waals surface area contributed by atoms with Crippen molar-refractivity contribution >= 4 is 17.2 Å². The van der Waals surface area contributed by atoms with Crippen LogP contribution >= 0.6 is 11.3 Å². The molecule has 0 aromatic carbocycles. The zero-order valence-electron chi connectivity index (χ0n) is 13.7. The fourth-order valence-corrected chi connectivity index (χ4v) is 4.52. The summed E-state index contributed by atoms with van der Waals surface area (Å²) < 4.78 is 5.34. The van der Waals surface area contributed by atoms with E-state index in [1.807, 2.05) is 17.2 Å². The van der Waals surface area contributed by atoms with Gasteiger partial charge in [0.05, 0.1) is 11.6 Å². The molecule has 3 heterocycles. The van der Waals surface area contributed by atoms with Crippen LogP contribution in [0.1, 0.15) is 41.2 Å². The maximum absolute atomic E-state index is 12.5. The summed E-state index contributed by atoms with van der Waals surface area (Å²) in [5.74, 6) is 0.0910. The first-order valence-electron chi connectivity index (χ1n) is 7.99. The van der Waals surface area contributed by atoms with Crippen molar-refractivity contribution < 1.29 is 9.53 Å². The van der Waals surface area contributed by atoms with E-state index in [1.165, 1.54) is 12.8 Å². The topological polar surface area (TPSA) is 45.7 Å². The number of likely N-dealkylation sites (tertiary alicyclic amines) is 2. The highest BCUT2D eigenvalue weighted by atomic mass is 32.1. The molecule has 0 saturated carbocycles. The number of aryl methyl sites for hydroxylation is 1. The van der Waals surface area contributed by atoms with Crippen LogP contribution in [0.2, 0.25) is 0 Å². The first-order valence-corrected chi connectivity index (χ1v) is 8.87. The summed E-state index contributed by atoms with van der Waals surface area (Å²) in [5.41, 5.74) is 0.869. The number of hydrogen-bond acceptors (Lipinski definition) is 5. The highest BCUT2D eigenvalue weighted by Gasteiger charge is 2.46. The number of rotatable bonds is 3. The van der Waals surface area contributed by atoms with Crippen molar-refractivity contribution in [3.63, 3.8) is 0 Å². The average Bonchev–Trinajstić information content (AvgIpc) is 3.08. The van der Waals surface area contributed by atoms with Crippen LogP contribution in [0.3, 0.4) is 0 Å². The summed E-state index contributed by atoms with van der Waals surface area (Å²) >= 11 is 1.54. The number of carbonyl (C=O) groups is 1. The molecule has 1 spiro atoms. The third-order valence-electron chi connectivity index (χ3n) is 5.42. The summed E-state index contributed by atoms with van der Waals surface area (Å²) in [6.45, 7) is 4.41. The fraction of sp³-hybridized carbons (Fsp3) is 0.750. The van der Waals surface area contributed by atoms with Crippen LogP contribution in [0.5, 0.6) is 0 Å². The van der Waals surface area contributed by atoms with Crippen molar-refractivity contribution in [3.8, 4) is 0 Å². The second kappa shape index (κ2) is 6.26. The van der Waals surface area contributed by atoms with Gasteiger partial charge in [-0.1, -0.05) is 0 Å². The number of nitrogens with zero attached hydrogens (tertiary/aromatic N) is 3. The zero-order valence-corrected chi connectivity index (χ0v) is 14.5. The van der Waals surface area contributed by atoms with E-state index in [0.717, 1.165) is 37.5 Å². The van der Waals surface area contributed by atoms with E-state index < -0.39 is 0 Å². The molecule has 1 aromatic rings.